The molecule has 1 aromatic carbocycles. The van der Waals surface area contributed by atoms with Gasteiger partial charge in [-0.1, -0.05) is 0 Å². The van der Waals surface area contributed by atoms with Gasteiger partial charge in [0.1, 0.15) is 16.4 Å². The number of hydrogen-bond donors (Lipinski definition) is 3. The number of hydrogen-bond acceptors (Lipinski definition) is 5. The summed E-state index contributed by atoms with van der Waals surface area (Å²) in [6.07, 6.45) is 0. The normalized spacial score (nSPS) is 10.8. The maximum atomic E-state index is 12.3. The Labute approximate surface area is 129 Å². The molecule has 0 aliphatic rings. The second kappa shape index (κ2) is 5.27. The third-order valence-electron chi connectivity index (χ3n) is 3.37. The van der Waals surface area contributed by atoms with E-state index in [0.717, 1.165) is 0 Å². The van der Waals surface area contributed by atoms with Gasteiger partial charge in [-0.2, -0.15) is 0 Å². The maximum Gasteiger partial charge on any atom is 0.261 e. The van der Waals surface area contributed by atoms with Crippen LogP contribution in [0.3, 0.4) is 0 Å². The van der Waals surface area contributed by atoms with Crippen LogP contribution in [0.25, 0.3) is 21.6 Å². The summed E-state index contributed by atoms with van der Waals surface area (Å²) < 4.78 is 0. The van der Waals surface area contributed by atoms with Crippen LogP contribution in [-0.4, -0.2) is 28.0 Å². The fraction of sp³-hybridized carbons (Fsp3) is 0.133. The largest absolute Gasteiger partial charge is 0.508 e. The van der Waals surface area contributed by atoms with Crippen molar-refractivity contribution in [2.24, 2.45) is 0 Å². The molecule has 3 N–H and O–H groups in total. The Morgan fingerprint density at radius 2 is 2.00 bits per heavy atom. The van der Waals surface area contributed by atoms with Crippen LogP contribution in [0.15, 0.2) is 29.1 Å². The number of rotatable bonds is 2. The predicted molar refractivity (Wildman–Crippen MR) is 85.5 cm³/mol. The highest BCUT2D eigenvalue weighted by Crippen LogP contribution is 2.28. The number of H-pyrrole nitrogens is 1. The molecule has 3 rings (SSSR count). The van der Waals surface area contributed by atoms with Crippen molar-refractivity contribution >= 4 is 27.5 Å². The monoisotopic (exact) mass is 315 g/mol. The Hall–Kier alpha value is -2.67. The number of amides is 1. The molecule has 0 unspecified atom stereocenters. The smallest absolute Gasteiger partial charge is 0.261 e. The first-order valence-electron chi connectivity index (χ1n) is 6.56. The summed E-state index contributed by atoms with van der Waals surface area (Å²) in [6.45, 7) is 1.74. The van der Waals surface area contributed by atoms with Gasteiger partial charge in [0.25, 0.3) is 11.5 Å². The molecule has 3 aromatic rings. The van der Waals surface area contributed by atoms with Gasteiger partial charge in [0.15, 0.2) is 0 Å². The molecule has 0 bridgehead atoms. The van der Waals surface area contributed by atoms with Gasteiger partial charge in [0.2, 0.25) is 0 Å². The minimum Gasteiger partial charge on any atom is -0.508 e. The van der Waals surface area contributed by atoms with Crippen molar-refractivity contribution in [3.8, 4) is 17.1 Å². The van der Waals surface area contributed by atoms with E-state index < -0.39 is 0 Å². The van der Waals surface area contributed by atoms with Crippen molar-refractivity contribution in [1.29, 1.82) is 0 Å². The lowest BCUT2D eigenvalue weighted by Crippen LogP contribution is -2.17. The zero-order chi connectivity index (χ0) is 15.9. The lowest BCUT2D eigenvalue weighted by atomic mass is 10.2. The first-order chi connectivity index (χ1) is 10.5. The van der Waals surface area contributed by atoms with E-state index in [0.29, 0.717) is 32.0 Å². The van der Waals surface area contributed by atoms with Gasteiger partial charge in [-0.25, -0.2) is 4.98 Å². The number of carbonyl (C=O) groups excluding carboxylic acids is 1. The van der Waals surface area contributed by atoms with Crippen LogP contribution in [0, 0.1) is 6.92 Å². The third-order valence-corrected chi connectivity index (χ3v) is 4.56. The number of aromatic amines is 1. The summed E-state index contributed by atoms with van der Waals surface area (Å²) >= 11 is 1.19. The molecule has 0 aliphatic carbocycles. The Morgan fingerprint density at radius 3 is 2.64 bits per heavy atom. The zero-order valence-corrected chi connectivity index (χ0v) is 12.7. The van der Waals surface area contributed by atoms with Crippen molar-refractivity contribution < 1.29 is 9.90 Å². The molecular formula is C15H13N3O3S. The number of carbonyl (C=O) groups is 1. The fourth-order valence-electron chi connectivity index (χ4n) is 2.23. The standard InChI is InChI=1S/C15H13N3O3S/c1-7-10-13(20)17-12(8-3-5-9(19)6-4-8)18-15(10)22-11(7)14(21)16-2/h3-6,19H,1-2H3,(H,16,21)(H,17,18,20). The van der Waals surface area contributed by atoms with Crippen molar-refractivity contribution in [2.75, 3.05) is 7.05 Å². The van der Waals surface area contributed by atoms with Crippen LogP contribution in [0.5, 0.6) is 5.75 Å². The number of phenols is 1. The second-order valence-electron chi connectivity index (χ2n) is 4.78. The lowest BCUT2D eigenvalue weighted by Gasteiger charge is -2.01. The number of nitrogens with one attached hydrogen (secondary N) is 2. The summed E-state index contributed by atoms with van der Waals surface area (Å²) in [5.41, 5.74) is 1.03. The average molecular weight is 315 g/mol. The van der Waals surface area contributed by atoms with E-state index in [2.05, 4.69) is 15.3 Å². The number of phenolic OH excluding ortho intramolecular Hbond substituents is 1. The minimum atomic E-state index is -0.281. The van der Waals surface area contributed by atoms with Crippen LogP contribution in [0.2, 0.25) is 0 Å². The van der Waals surface area contributed by atoms with Gasteiger partial charge in [0.05, 0.1) is 10.3 Å². The lowest BCUT2D eigenvalue weighted by molar-refractivity contribution is 0.0966. The van der Waals surface area contributed by atoms with Crippen LogP contribution in [-0.2, 0) is 0 Å². The number of fused-ring (bicyclic) bond motifs is 1. The highest BCUT2D eigenvalue weighted by atomic mass is 32.1. The molecule has 0 aliphatic heterocycles. The molecule has 1 amide bonds. The zero-order valence-electron chi connectivity index (χ0n) is 11.9. The average Bonchev–Trinajstić information content (AvgIpc) is 2.84. The molecule has 0 atom stereocenters. The molecule has 2 aromatic heterocycles. The number of aromatic hydroxyl groups is 1. The number of thiophene rings is 1. The Morgan fingerprint density at radius 1 is 1.32 bits per heavy atom. The summed E-state index contributed by atoms with van der Waals surface area (Å²) in [4.78, 5) is 32.3. The first-order valence-corrected chi connectivity index (χ1v) is 7.38. The molecule has 0 spiro atoms. The molecule has 7 heteroatoms. The van der Waals surface area contributed by atoms with Crippen molar-refractivity contribution in [2.45, 2.75) is 6.92 Å². The van der Waals surface area contributed by atoms with E-state index in [-0.39, 0.29) is 17.2 Å². The Kier molecular flexibility index (Phi) is 3.42. The number of aryl methyl sites for hydroxylation is 1. The summed E-state index contributed by atoms with van der Waals surface area (Å²) in [7, 11) is 1.55. The molecular weight excluding hydrogens is 302 g/mol. The summed E-state index contributed by atoms with van der Waals surface area (Å²) in [6, 6.07) is 6.38. The van der Waals surface area contributed by atoms with Crippen LogP contribution in [0.4, 0.5) is 0 Å². The van der Waals surface area contributed by atoms with Crippen molar-refractivity contribution in [3.63, 3.8) is 0 Å². The number of benzene rings is 1. The highest BCUT2D eigenvalue weighted by molar-refractivity contribution is 7.20. The molecule has 0 fully saturated rings. The van der Waals surface area contributed by atoms with Gasteiger partial charge < -0.3 is 15.4 Å². The molecule has 22 heavy (non-hydrogen) atoms. The van der Waals surface area contributed by atoms with Crippen LogP contribution >= 0.6 is 11.3 Å². The first kappa shape index (κ1) is 14.3. The minimum absolute atomic E-state index is 0.140. The van der Waals surface area contributed by atoms with Crippen LogP contribution in [0.1, 0.15) is 15.2 Å². The fourth-order valence-corrected chi connectivity index (χ4v) is 3.36. The SMILES string of the molecule is CNC(=O)c1sc2nc(-c3ccc(O)cc3)[nH]c(=O)c2c1C. The van der Waals surface area contributed by atoms with Gasteiger partial charge in [-0.15, -0.1) is 11.3 Å². The molecule has 112 valence electrons. The van der Waals surface area contributed by atoms with E-state index in [1.807, 2.05) is 0 Å². The number of aromatic nitrogens is 2. The Bertz CT molecular complexity index is 926. The molecule has 2 heterocycles. The van der Waals surface area contributed by atoms with Gasteiger partial charge in [0, 0.05) is 12.6 Å². The molecule has 6 nitrogen and oxygen atoms in total. The van der Waals surface area contributed by atoms with Gasteiger partial charge in [-0.3, -0.25) is 9.59 Å². The van der Waals surface area contributed by atoms with E-state index >= 15 is 0 Å². The van der Waals surface area contributed by atoms with Crippen molar-refractivity contribution in [1.82, 2.24) is 15.3 Å². The van der Waals surface area contributed by atoms with E-state index in [1.165, 1.54) is 23.5 Å². The third kappa shape index (κ3) is 2.25. The second-order valence-corrected chi connectivity index (χ2v) is 5.78. The maximum absolute atomic E-state index is 12.3. The molecule has 0 saturated carbocycles. The molecule has 0 saturated heterocycles. The van der Waals surface area contributed by atoms with E-state index in [9.17, 15) is 14.7 Å². The topological polar surface area (TPSA) is 95.1 Å². The number of nitrogens with zero attached hydrogens (tertiary/aromatic N) is 1. The predicted octanol–water partition coefficient (Wildman–Crippen LogP) is 2.03. The van der Waals surface area contributed by atoms with Crippen molar-refractivity contribution in [3.05, 3.63) is 45.1 Å². The molecule has 0 radical (unpaired) electrons. The summed E-state index contributed by atoms with van der Waals surface area (Å²) in [5, 5.41) is 12.3. The van der Waals surface area contributed by atoms with Gasteiger partial charge >= 0.3 is 0 Å². The Balaban J connectivity index is 2.22. The summed E-state index contributed by atoms with van der Waals surface area (Å²) in [5.74, 6) is 0.314. The van der Waals surface area contributed by atoms with Crippen LogP contribution < -0.4 is 10.9 Å². The highest BCUT2D eigenvalue weighted by Gasteiger charge is 2.18. The van der Waals surface area contributed by atoms with E-state index in [4.69, 9.17) is 0 Å². The van der Waals surface area contributed by atoms with E-state index in [1.54, 1.807) is 26.1 Å². The quantitative estimate of drug-likeness (QED) is 0.674. The van der Waals surface area contributed by atoms with Gasteiger partial charge in [-0.05, 0) is 36.8 Å².